The number of rotatable bonds is 4. The Balaban J connectivity index is 1.86. The van der Waals surface area contributed by atoms with Crippen molar-refractivity contribution in [2.75, 3.05) is 19.0 Å². The van der Waals surface area contributed by atoms with Gasteiger partial charge in [0.25, 0.3) is 5.91 Å². The first-order valence-corrected chi connectivity index (χ1v) is 7.95. The average Bonchev–Trinajstić information content (AvgIpc) is 3.04. The molecule has 0 bridgehead atoms. The summed E-state index contributed by atoms with van der Waals surface area (Å²) in [5.41, 5.74) is 1.04. The van der Waals surface area contributed by atoms with Crippen molar-refractivity contribution in [2.45, 2.75) is 25.6 Å². The van der Waals surface area contributed by atoms with Crippen LogP contribution in [0.15, 0.2) is 36.7 Å². The first kappa shape index (κ1) is 17.1. The van der Waals surface area contributed by atoms with Crippen LogP contribution in [0.3, 0.4) is 0 Å². The maximum Gasteiger partial charge on any atom is 0.256 e. The Bertz CT molecular complexity index is 792. The number of halogens is 1. The van der Waals surface area contributed by atoms with Gasteiger partial charge in [0, 0.05) is 19.8 Å². The predicted molar refractivity (Wildman–Crippen MR) is 88.2 cm³/mol. The van der Waals surface area contributed by atoms with Gasteiger partial charge in [-0.15, -0.1) is 0 Å². The van der Waals surface area contributed by atoms with Crippen molar-refractivity contribution in [3.63, 3.8) is 0 Å². The number of carbonyl (C=O) groups is 2. The highest BCUT2D eigenvalue weighted by atomic mass is 19.1. The molecule has 2 atom stereocenters. The number of nitrogens with one attached hydrogen (secondary N) is 1. The lowest BCUT2D eigenvalue weighted by molar-refractivity contribution is -0.160. The van der Waals surface area contributed by atoms with Gasteiger partial charge in [-0.3, -0.25) is 14.3 Å². The smallest absolute Gasteiger partial charge is 0.256 e. The molecule has 0 saturated carbocycles. The number of likely N-dealkylation sites (N-methyl/N-ethyl adjacent to an activating group) is 1. The molecule has 25 heavy (non-hydrogen) atoms. The fraction of sp³-hybridized carbons (Fsp3) is 0.353. The van der Waals surface area contributed by atoms with Gasteiger partial charge in [-0.1, -0.05) is 12.1 Å². The molecule has 7 nitrogen and oxygen atoms in total. The number of aryl methyl sites for hydroxylation is 1. The first-order chi connectivity index (χ1) is 12.0. The molecule has 3 rings (SSSR count). The van der Waals surface area contributed by atoms with E-state index < -0.39 is 23.9 Å². The van der Waals surface area contributed by atoms with Crippen LogP contribution in [-0.2, 0) is 20.9 Å². The van der Waals surface area contributed by atoms with Crippen molar-refractivity contribution in [1.29, 1.82) is 0 Å². The summed E-state index contributed by atoms with van der Waals surface area (Å²) in [7, 11) is 1.58. The molecule has 1 aromatic heterocycles. The highest BCUT2D eigenvalue weighted by Gasteiger charge is 2.40. The molecule has 132 valence electrons. The van der Waals surface area contributed by atoms with Crippen LogP contribution in [0.1, 0.15) is 18.5 Å². The van der Waals surface area contributed by atoms with E-state index in [0.717, 1.165) is 0 Å². The summed E-state index contributed by atoms with van der Waals surface area (Å²) < 4.78 is 20.8. The molecule has 8 heteroatoms. The van der Waals surface area contributed by atoms with E-state index in [-0.39, 0.29) is 12.5 Å². The molecule has 2 amide bonds. The number of hydrogen-bond acceptors (Lipinski definition) is 4. The van der Waals surface area contributed by atoms with Crippen LogP contribution < -0.4 is 5.32 Å². The van der Waals surface area contributed by atoms with Gasteiger partial charge in [0.05, 0.1) is 17.9 Å². The molecule has 2 heterocycles. The topological polar surface area (TPSA) is 76.5 Å². The van der Waals surface area contributed by atoms with Crippen LogP contribution in [0.4, 0.5) is 10.1 Å². The molecule has 0 aliphatic carbocycles. The van der Waals surface area contributed by atoms with E-state index in [4.69, 9.17) is 4.74 Å². The summed E-state index contributed by atoms with van der Waals surface area (Å²) in [4.78, 5) is 26.1. The molecule has 1 aliphatic heterocycles. The molecule has 1 N–H and O–H groups in total. The zero-order chi connectivity index (χ0) is 18.0. The summed E-state index contributed by atoms with van der Waals surface area (Å²) in [6, 6.07) is 5.11. The third kappa shape index (κ3) is 3.53. The SMILES string of the molecule is CCn1cc(NC(=O)C2OCC(=O)N(C)C2c2cccc(F)c2)cn1. The molecule has 1 fully saturated rings. The molecule has 0 radical (unpaired) electrons. The van der Waals surface area contributed by atoms with E-state index in [9.17, 15) is 14.0 Å². The molecule has 0 spiro atoms. The number of aromatic nitrogens is 2. The van der Waals surface area contributed by atoms with Crippen LogP contribution in [0.25, 0.3) is 0 Å². The van der Waals surface area contributed by atoms with Gasteiger partial charge >= 0.3 is 0 Å². The van der Waals surface area contributed by atoms with Crippen molar-refractivity contribution >= 4 is 17.5 Å². The van der Waals surface area contributed by atoms with E-state index in [1.165, 1.54) is 29.3 Å². The largest absolute Gasteiger partial charge is 0.356 e. The molecule has 1 aromatic carbocycles. The Morgan fingerprint density at radius 1 is 1.48 bits per heavy atom. The van der Waals surface area contributed by atoms with Crippen molar-refractivity contribution in [2.24, 2.45) is 0 Å². The third-order valence-corrected chi connectivity index (χ3v) is 4.16. The number of carbonyl (C=O) groups excluding carboxylic acids is 2. The number of hydrogen-bond donors (Lipinski definition) is 1. The van der Waals surface area contributed by atoms with E-state index in [1.54, 1.807) is 24.0 Å². The third-order valence-electron chi connectivity index (χ3n) is 4.16. The Kier molecular flexibility index (Phi) is 4.80. The van der Waals surface area contributed by atoms with Crippen molar-refractivity contribution < 1.29 is 18.7 Å². The summed E-state index contributed by atoms with van der Waals surface area (Å²) in [6.45, 7) is 2.41. The van der Waals surface area contributed by atoms with Crippen LogP contribution in [0.2, 0.25) is 0 Å². The van der Waals surface area contributed by atoms with E-state index in [1.807, 2.05) is 6.92 Å². The van der Waals surface area contributed by atoms with Crippen molar-refractivity contribution in [3.8, 4) is 0 Å². The average molecular weight is 346 g/mol. The minimum Gasteiger partial charge on any atom is -0.356 e. The van der Waals surface area contributed by atoms with Crippen LogP contribution >= 0.6 is 0 Å². The molecule has 2 aromatic rings. The summed E-state index contributed by atoms with van der Waals surface area (Å²) in [5.74, 6) is -1.12. The van der Waals surface area contributed by atoms with E-state index in [2.05, 4.69) is 10.4 Å². The van der Waals surface area contributed by atoms with Gasteiger partial charge in [-0.2, -0.15) is 5.10 Å². The monoisotopic (exact) mass is 346 g/mol. The van der Waals surface area contributed by atoms with Crippen LogP contribution in [0.5, 0.6) is 0 Å². The van der Waals surface area contributed by atoms with Gasteiger partial charge in [0.15, 0.2) is 6.10 Å². The predicted octanol–water partition coefficient (Wildman–Crippen LogP) is 1.58. The number of nitrogens with zero attached hydrogens (tertiary/aromatic N) is 3. The number of benzene rings is 1. The maximum atomic E-state index is 13.6. The zero-order valence-electron chi connectivity index (χ0n) is 14.0. The number of ether oxygens (including phenoxy) is 1. The summed E-state index contributed by atoms with van der Waals surface area (Å²) >= 11 is 0. The van der Waals surface area contributed by atoms with E-state index >= 15 is 0 Å². The number of anilines is 1. The fourth-order valence-corrected chi connectivity index (χ4v) is 2.83. The lowest BCUT2D eigenvalue weighted by Crippen LogP contribution is -2.51. The Morgan fingerprint density at radius 2 is 2.28 bits per heavy atom. The Morgan fingerprint density at radius 3 is 2.96 bits per heavy atom. The molecule has 2 unspecified atom stereocenters. The van der Waals surface area contributed by atoms with E-state index in [0.29, 0.717) is 17.8 Å². The van der Waals surface area contributed by atoms with Crippen molar-refractivity contribution in [1.82, 2.24) is 14.7 Å². The lowest BCUT2D eigenvalue weighted by Gasteiger charge is -2.38. The fourth-order valence-electron chi connectivity index (χ4n) is 2.83. The molecule has 1 aliphatic rings. The number of amides is 2. The highest BCUT2D eigenvalue weighted by molar-refractivity contribution is 5.96. The minimum absolute atomic E-state index is 0.200. The quantitative estimate of drug-likeness (QED) is 0.912. The second-order valence-corrected chi connectivity index (χ2v) is 5.81. The van der Waals surface area contributed by atoms with Crippen molar-refractivity contribution in [3.05, 3.63) is 48.0 Å². The molecular formula is C17H19FN4O3. The van der Waals surface area contributed by atoms with Gasteiger partial charge in [-0.05, 0) is 24.6 Å². The van der Waals surface area contributed by atoms with Crippen LogP contribution in [0, 0.1) is 5.82 Å². The van der Waals surface area contributed by atoms with Gasteiger partial charge in [0.1, 0.15) is 12.4 Å². The molecular weight excluding hydrogens is 327 g/mol. The minimum atomic E-state index is -0.950. The first-order valence-electron chi connectivity index (χ1n) is 7.95. The standard InChI is InChI=1S/C17H19FN4O3/c1-3-22-9-13(8-19-22)20-17(24)16-15(21(2)14(23)10-25-16)11-5-4-6-12(18)7-11/h4-9,15-16H,3,10H2,1-2H3,(H,20,24). The number of morpholine rings is 1. The Hall–Kier alpha value is -2.74. The summed E-state index contributed by atoms with van der Waals surface area (Å²) in [5, 5.41) is 6.83. The van der Waals surface area contributed by atoms with Gasteiger partial charge in [-0.25, -0.2) is 4.39 Å². The lowest BCUT2D eigenvalue weighted by atomic mass is 9.97. The highest BCUT2D eigenvalue weighted by Crippen LogP contribution is 2.30. The maximum absolute atomic E-state index is 13.6. The normalized spacial score (nSPS) is 20.6. The zero-order valence-corrected chi connectivity index (χ0v) is 14.0. The van der Waals surface area contributed by atoms with Gasteiger partial charge < -0.3 is 15.0 Å². The van der Waals surface area contributed by atoms with Crippen LogP contribution in [-0.4, -0.2) is 46.3 Å². The van der Waals surface area contributed by atoms with Gasteiger partial charge in [0.2, 0.25) is 5.91 Å². The summed E-state index contributed by atoms with van der Waals surface area (Å²) in [6.07, 6.45) is 2.29. The Labute approximate surface area is 144 Å². The molecule has 1 saturated heterocycles. The second-order valence-electron chi connectivity index (χ2n) is 5.81. The second kappa shape index (κ2) is 7.02.